The Labute approximate surface area is 825 Å². The zero-order valence-electron chi connectivity index (χ0n) is 74.7. The van der Waals surface area contributed by atoms with E-state index in [0.29, 0.717) is 0 Å². The van der Waals surface area contributed by atoms with E-state index < -0.39 is 25.7 Å². The number of hydrogen-bond acceptors (Lipinski definition) is 8. The summed E-state index contributed by atoms with van der Waals surface area (Å²) in [5, 5.41) is 6.56. The second-order valence-corrected chi connectivity index (χ2v) is 48.3. The third-order valence-corrected chi connectivity index (χ3v) is 39.7. The number of anilines is 5. The van der Waals surface area contributed by atoms with Gasteiger partial charge in [0.1, 0.15) is 6.26 Å². The van der Waals surface area contributed by atoms with Gasteiger partial charge in [0.2, 0.25) is 25.7 Å². The lowest BCUT2D eigenvalue weighted by molar-refractivity contribution is 0.554. The normalized spacial score (nSPS) is 16.7. The molecule has 20 aromatic carbocycles. The summed E-state index contributed by atoms with van der Waals surface area (Å²) in [6, 6.07) is 181. The van der Waals surface area contributed by atoms with E-state index in [4.69, 9.17) is 65.3 Å². The molecule has 664 valence electrons. The van der Waals surface area contributed by atoms with E-state index in [1.165, 1.54) is 27.5 Å². The lowest BCUT2D eigenvalue weighted by Crippen LogP contribution is -2.20. The molecule has 16 heteroatoms. The third-order valence-electron chi connectivity index (χ3n) is 25.0. The van der Waals surface area contributed by atoms with Gasteiger partial charge in [0.05, 0.1) is 22.4 Å². The van der Waals surface area contributed by atoms with Crippen molar-refractivity contribution in [2.75, 3.05) is 14.0 Å². The minimum Gasteiger partial charge on any atom is -0.451 e. The SMILES string of the molecule is S=P1(c2cc(-c3ccccc3)cc(-c3ccccc3)c2)OC=CN1c1ccccc1.S=P1(c2cc(-c3ccccc3)cc(-c3ccccc3)c2)Oc2cccc3c4ccccc4n1c23.S=P1(c2cc(-c3ccccc3)cc(-c3ccccc3)c2)Oc2ccccc2N1c1cccc(-c2ccccc2)c1.S=P1(c2cc(-c3ccccc3)cc(-c3ccccc3)c2)Oc2ccccc2N1c1ccccc1. The van der Waals surface area contributed by atoms with Gasteiger partial charge in [-0.3, -0.25) is 18.3 Å². The van der Waals surface area contributed by atoms with Gasteiger partial charge >= 0.3 is 0 Å². The molecule has 8 nitrogen and oxygen atoms in total. The smallest absolute Gasteiger partial charge is 0.239 e. The molecule has 1 aromatic heterocycles. The van der Waals surface area contributed by atoms with E-state index in [1.54, 1.807) is 6.26 Å². The minimum atomic E-state index is -2.78. The van der Waals surface area contributed by atoms with Gasteiger partial charge in [0, 0.05) is 55.3 Å². The van der Waals surface area contributed by atoms with Gasteiger partial charge in [-0.1, -0.05) is 376 Å². The topological polar surface area (TPSA) is 51.6 Å². The Morgan fingerprint density at radius 3 is 0.826 bits per heavy atom. The molecule has 4 unspecified atom stereocenters. The second-order valence-electron chi connectivity index (χ2n) is 33.7. The molecule has 0 saturated carbocycles. The van der Waals surface area contributed by atoms with Crippen molar-refractivity contribution in [1.82, 2.24) is 4.34 Å². The minimum absolute atomic E-state index is 0.822. The summed E-state index contributed by atoms with van der Waals surface area (Å²) in [6.07, 6.45) is -6.88. The van der Waals surface area contributed by atoms with Gasteiger partial charge in [0.15, 0.2) is 17.2 Å². The van der Waals surface area contributed by atoms with Gasteiger partial charge in [0.25, 0.3) is 0 Å². The van der Waals surface area contributed by atoms with Crippen LogP contribution in [0.5, 0.6) is 17.2 Å². The number of hydrogen-bond donors (Lipinski definition) is 0. The molecular formula is C122H88N4O4P4S4. The average molecular weight is 1930 g/mol. The molecule has 4 atom stereocenters. The Hall–Kier alpha value is -14.9. The Bertz CT molecular complexity index is 8060. The number of rotatable bonds is 16. The highest BCUT2D eigenvalue weighted by Gasteiger charge is 2.44. The van der Waals surface area contributed by atoms with Crippen LogP contribution in [0.1, 0.15) is 0 Å². The van der Waals surface area contributed by atoms with E-state index in [2.05, 4.69) is 413 Å². The summed E-state index contributed by atoms with van der Waals surface area (Å²) >= 11 is 25.8. The van der Waals surface area contributed by atoms with Crippen molar-refractivity contribution < 1.29 is 18.1 Å². The Morgan fingerprint density at radius 1 is 0.188 bits per heavy atom. The largest absolute Gasteiger partial charge is 0.451 e. The first kappa shape index (κ1) is 88.4. The standard InChI is InChI=1S/C36H26NOPS.C30H20NOPS.C30H22NOPS.C26H20NOPS/c40-39(34-25-31(28-15-6-2-7-16-28)23-32(26-34)29-17-8-3-9-18-29)37(35-21-10-11-22-36(35)38-39)33-20-12-19-30(24-33)27-13-4-1-5-14-27;34-33(31-28-16-8-7-14-26(28)27-15-9-17-29(32-33)30(27)31)25-19-23(21-10-3-1-4-11-21)18-24(20-25)22-12-5-2-6-13-22;34-33(31(27-16-8-3-9-17-27)29-18-10-11-19-30(29)32-33)28-21-25(23-12-4-1-5-13-23)20-26(22-28)24-14-6-2-7-15-24;30-29(27(16-17-28-29)25-14-8-3-9-15-25)26-19-23(21-10-4-1-5-11-21)18-24(20-26)22-12-6-2-7-13-22/h1-26H;1-20H;1-22H;1-20H. The number of nitrogens with zero attached hydrogens (tertiary/aromatic N) is 4. The summed E-state index contributed by atoms with van der Waals surface area (Å²) in [5.41, 5.74) is 28.1. The number of fused-ring (bicyclic) bond motifs is 5. The molecule has 4 aliphatic heterocycles. The fourth-order valence-corrected chi connectivity index (χ4v) is 31.6. The maximum atomic E-state index is 6.83. The first-order valence-electron chi connectivity index (χ1n) is 45.7. The summed E-state index contributed by atoms with van der Waals surface area (Å²) < 4.78 is 35.3. The van der Waals surface area contributed by atoms with Crippen LogP contribution >= 0.6 is 25.7 Å². The first-order chi connectivity index (χ1) is 67.9. The molecular weight excluding hydrogens is 1840 g/mol. The van der Waals surface area contributed by atoms with E-state index in [1.807, 2.05) is 134 Å². The second kappa shape index (κ2) is 38.7. The zero-order valence-corrected chi connectivity index (χ0v) is 81.5. The number of aromatic nitrogens is 1. The van der Waals surface area contributed by atoms with Crippen molar-refractivity contribution >= 4 is 144 Å². The summed E-state index contributed by atoms with van der Waals surface area (Å²) in [7, 11) is 0. The van der Waals surface area contributed by atoms with Crippen molar-refractivity contribution in [3.8, 4) is 117 Å². The molecule has 0 amide bonds. The molecule has 0 spiro atoms. The van der Waals surface area contributed by atoms with E-state index in [-0.39, 0.29) is 0 Å². The lowest BCUT2D eigenvalue weighted by atomic mass is 9.99. The highest BCUT2D eigenvalue weighted by Crippen LogP contribution is 2.68. The Balaban J connectivity index is 0.000000107. The molecule has 0 saturated heterocycles. The molecule has 138 heavy (non-hydrogen) atoms. The zero-order chi connectivity index (χ0) is 93.0. The Kier molecular flexibility index (Phi) is 24.8. The van der Waals surface area contributed by atoms with Crippen LogP contribution in [0.3, 0.4) is 0 Å². The maximum Gasteiger partial charge on any atom is 0.239 e. The molecule has 0 radical (unpaired) electrons. The fourth-order valence-electron chi connectivity index (χ4n) is 18.4. The van der Waals surface area contributed by atoms with Crippen molar-refractivity contribution in [1.29, 1.82) is 0 Å². The van der Waals surface area contributed by atoms with Gasteiger partial charge in [-0.15, -0.1) is 0 Å². The Morgan fingerprint density at radius 2 is 0.449 bits per heavy atom. The molecule has 4 aliphatic rings. The molecule has 0 fully saturated rings. The monoisotopic (exact) mass is 1920 g/mol. The highest BCUT2D eigenvalue weighted by atomic mass is 32.5. The van der Waals surface area contributed by atoms with Crippen LogP contribution in [0.15, 0.2) is 534 Å². The molecule has 5 heterocycles. The summed E-state index contributed by atoms with van der Waals surface area (Å²) in [5.74, 6) is 2.53. The summed E-state index contributed by atoms with van der Waals surface area (Å²) in [6.45, 7) is 0. The predicted octanol–water partition coefficient (Wildman–Crippen LogP) is 33.0. The van der Waals surface area contributed by atoms with E-state index in [9.17, 15) is 0 Å². The summed E-state index contributed by atoms with van der Waals surface area (Å²) in [4.78, 5) is 0. The van der Waals surface area contributed by atoms with E-state index >= 15 is 0 Å². The van der Waals surface area contributed by atoms with E-state index in [0.717, 1.165) is 161 Å². The van der Waals surface area contributed by atoms with Crippen molar-refractivity contribution in [2.24, 2.45) is 0 Å². The van der Waals surface area contributed by atoms with Crippen LogP contribution in [-0.2, 0) is 51.8 Å². The molecule has 21 aromatic rings. The van der Waals surface area contributed by atoms with Crippen LogP contribution in [0, 0.1) is 0 Å². The number of benzene rings is 20. The first-order valence-corrected chi connectivity index (χ1v) is 56.3. The van der Waals surface area contributed by atoms with Crippen LogP contribution < -0.4 is 48.8 Å². The van der Waals surface area contributed by atoms with Crippen LogP contribution in [0.2, 0.25) is 0 Å². The molecule has 0 bridgehead atoms. The van der Waals surface area contributed by atoms with Gasteiger partial charge in [-0.25, -0.2) is 0 Å². The van der Waals surface area contributed by atoms with Crippen molar-refractivity contribution in [3.05, 3.63) is 534 Å². The number of para-hydroxylation sites is 8. The van der Waals surface area contributed by atoms with Crippen LogP contribution in [-0.4, -0.2) is 4.34 Å². The molecule has 25 rings (SSSR count). The third kappa shape index (κ3) is 17.5. The molecule has 0 N–H and O–H groups in total. The fraction of sp³-hybridized carbons (Fsp3) is 0. The van der Waals surface area contributed by atoms with Crippen LogP contribution in [0.4, 0.5) is 28.4 Å². The maximum absolute atomic E-state index is 6.83. The van der Waals surface area contributed by atoms with Crippen LogP contribution in [0.25, 0.3) is 122 Å². The van der Waals surface area contributed by atoms with Gasteiger partial charge in [-0.2, -0.15) is 0 Å². The highest BCUT2D eigenvalue weighted by molar-refractivity contribution is 8.18. The van der Waals surface area contributed by atoms with Crippen molar-refractivity contribution in [2.45, 2.75) is 0 Å². The molecule has 0 aliphatic carbocycles. The predicted molar refractivity (Wildman–Crippen MR) is 596 cm³/mol. The lowest BCUT2D eigenvalue weighted by Gasteiger charge is -2.30. The van der Waals surface area contributed by atoms with Crippen molar-refractivity contribution in [3.63, 3.8) is 0 Å². The quantitative estimate of drug-likeness (QED) is 0.0870. The average Bonchev–Trinajstić information content (AvgIpc) is 1.53. The van der Waals surface area contributed by atoms with Gasteiger partial charge in [-0.05, 0) is 293 Å². The van der Waals surface area contributed by atoms with Gasteiger partial charge < -0.3 is 18.1 Å².